The fraction of sp³-hybridized carbons (Fsp3) is 0.667. The molecule has 2 aliphatic heterocycles. The third-order valence-electron chi connectivity index (χ3n) is 2.62. The van der Waals surface area contributed by atoms with Crippen LogP contribution in [0.25, 0.3) is 0 Å². The second kappa shape index (κ2) is 4.06. The van der Waals surface area contributed by atoms with Crippen LogP contribution >= 0.6 is 22.6 Å². The molecule has 0 aromatic carbocycles. The minimum Gasteiger partial charge on any atom is -0.294 e. The van der Waals surface area contributed by atoms with E-state index < -0.39 is 0 Å². The Bertz CT molecular complexity index is 269. The predicted octanol–water partition coefficient (Wildman–Crippen LogP) is 0.702. The van der Waals surface area contributed by atoms with Crippen molar-refractivity contribution >= 4 is 28.5 Å². The number of fused-ring (bicyclic) bond motifs is 1. The van der Waals surface area contributed by atoms with Gasteiger partial charge in [0.05, 0.1) is 0 Å². The van der Waals surface area contributed by atoms with Crippen LogP contribution in [0, 0.1) is 0 Å². The van der Waals surface area contributed by atoms with E-state index in [0.717, 1.165) is 19.4 Å². The zero-order valence-electron chi connectivity index (χ0n) is 8.11. The van der Waals surface area contributed by atoms with Gasteiger partial charge in [0.25, 0.3) is 5.91 Å². The van der Waals surface area contributed by atoms with Gasteiger partial charge in [0.15, 0.2) is 0 Å². The fourth-order valence-electron chi connectivity index (χ4n) is 1.79. The molecule has 0 bridgehead atoms. The summed E-state index contributed by atoms with van der Waals surface area (Å²) in [5.74, 6) is 0.176. The molecule has 5 heteroatoms. The van der Waals surface area contributed by atoms with Crippen LogP contribution in [0.15, 0.2) is 12.3 Å². The van der Waals surface area contributed by atoms with Gasteiger partial charge in [-0.3, -0.25) is 20.1 Å². The lowest BCUT2D eigenvalue weighted by molar-refractivity contribution is -0.132. The number of amides is 1. The lowest BCUT2D eigenvalue weighted by atomic mass is 10.2. The molecular formula is C9H14IN3O. The molecule has 2 rings (SSSR count). The molecule has 4 nitrogen and oxygen atoms in total. The number of hydrogen-bond acceptors (Lipinski definition) is 3. The fourth-order valence-corrected chi connectivity index (χ4v) is 2.78. The first-order valence-electron chi connectivity index (χ1n) is 4.82. The van der Waals surface area contributed by atoms with E-state index in [1.807, 2.05) is 18.3 Å². The number of carbonyl (C=O) groups is 1. The summed E-state index contributed by atoms with van der Waals surface area (Å²) in [7, 11) is 1.82. The van der Waals surface area contributed by atoms with Gasteiger partial charge in [-0.1, -0.05) is 28.7 Å². The van der Waals surface area contributed by atoms with Gasteiger partial charge in [-0.25, -0.2) is 0 Å². The third-order valence-corrected chi connectivity index (χ3v) is 3.84. The first-order chi connectivity index (χ1) is 6.72. The summed E-state index contributed by atoms with van der Waals surface area (Å²) in [6, 6.07) is 0. The number of rotatable bonds is 0. The maximum absolute atomic E-state index is 11.7. The molecule has 0 spiro atoms. The van der Waals surface area contributed by atoms with E-state index in [1.165, 1.54) is 0 Å². The van der Waals surface area contributed by atoms with Crippen molar-refractivity contribution in [2.24, 2.45) is 0 Å². The lowest BCUT2D eigenvalue weighted by Crippen LogP contribution is -2.46. The summed E-state index contributed by atoms with van der Waals surface area (Å²) < 4.78 is 0.0142. The highest BCUT2D eigenvalue weighted by Crippen LogP contribution is 2.24. The number of hydrogen-bond donors (Lipinski definition) is 1. The van der Waals surface area contributed by atoms with Crippen LogP contribution in [0.2, 0.25) is 0 Å². The number of nitrogens with one attached hydrogen (secondary N) is 1. The normalized spacial score (nSPS) is 35.1. The summed E-state index contributed by atoms with van der Waals surface area (Å²) in [5.41, 5.74) is 0. The maximum atomic E-state index is 11.7. The van der Waals surface area contributed by atoms with Gasteiger partial charge >= 0.3 is 0 Å². The molecule has 1 fully saturated rings. The number of carbonyl (C=O) groups excluding carboxylic acids is 1. The molecule has 0 saturated carbocycles. The first-order valence-corrected chi connectivity index (χ1v) is 6.06. The third kappa shape index (κ3) is 1.63. The van der Waals surface area contributed by atoms with Crippen molar-refractivity contribution in [3.8, 4) is 0 Å². The lowest BCUT2D eigenvalue weighted by Gasteiger charge is -2.29. The van der Waals surface area contributed by atoms with Gasteiger partial charge in [-0.2, -0.15) is 0 Å². The van der Waals surface area contributed by atoms with E-state index in [-0.39, 0.29) is 16.0 Å². The van der Waals surface area contributed by atoms with Gasteiger partial charge in [0, 0.05) is 13.2 Å². The summed E-state index contributed by atoms with van der Waals surface area (Å²) >= 11 is 2.21. The van der Waals surface area contributed by atoms with Gasteiger partial charge in [-0.05, 0) is 19.4 Å². The van der Waals surface area contributed by atoms with Gasteiger partial charge < -0.3 is 0 Å². The topological polar surface area (TPSA) is 35.6 Å². The van der Waals surface area contributed by atoms with E-state index >= 15 is 0 Å². The van der Waals surface area contributed by atoms with E-state index in [9.17, 15) is 4.79 Å². The molecule has 1 saturated heterocycles. The second-order valence-electron chi connectivity index (χ2n) is 3.57. The molecule has 0 aromatic heterocycles. The van der Waals surface area contributed by atoms with Crippen LogP contribution in [0.5, 0.6) is 0 Å². The Morgan fingerprint density at radius 2 is 2.43 bits per heavy atom. The van der Waals surface area contributed by atoms with Crippen LogP contribution < -0.4 is 5.32 Å². The molecule has 1 amide bonds. The molecule has 14 heavy (non-hydrogen) atoms. The zero-order chi connectivity index (χ0) is 10.1. The van der Waals surface area contributed by atoms with Crippen molar-refractivity contribution in [1.82, 2.24) is 15.3 Å². The minimum absolute atomic E-state index is 0.0142. The molecule has 78 valence electrons. The molecule has 0 aromatic rings. The standard InChI is InChI=1S/C9H14IN3O/c1-12-9(14)7(10)8-11-5-3-2-4-6-13(8)12/h4,6-8,11H,2-3,5H2,1H3/b6-4-. The minimum atomic E-state index is 0.0142. The predicted molar refractivity (Wildman–Crippen MR) is 62.6 cm³/mol. The van der Waals surface area contributed by atoms with Gasteiger partial charge in [0.2, 0.25) is 0 Å². The highest BCUT2D eigenvalue weighted by atomic mass is 127. The Morgan fingerprint density at radius 3 is 3.21 bits per heavy atom. The number of alkyl halides is 1. The molecule has 2 aliphatic rings. The second-order valence-corrected chi connectivity index (χ2v) is 4.91. The Labute approximate surface area is 97.4 Å². The highest BCUT2D eigenvalue weighted by Gasteiger charge is 2.41. The zero-order valence-corrected chi connectivity index (χ0v) is 10.3. The maximum Gasteiger partial charge on any atom is 0.257 e. The van der Waals surface area contributed by atoms with Crippen molar-refractivity contribution in [3.05, 3.63) is 12.3 Å². The molecular weight excluding hydrogens is 293 g/mol. The van der Waals surface area contributed by atoms with Crippen molar-refractivity contribution < 1.29 is 4.79 Å². The van der Waals surface area contributed by atoms with Gasteiger partial charge in [0.1, 0.15) is 10.1 Å². The van der Waals surface area contributed by atoms with Crippen molar-refractivity contribution in [3.63, 3.8) is 0 Å². The average molecular weight is 307 g/mol. The Balaban J connectivity index is 2.22. The van der Waals surface area contributed by atoms with Crippen LogP contribution in [0.4, 0.5) is 0 Å². The molecule has 0 radical (unpaired) electrons. The molecule has 2 heterocycles. The largest absolute Gasteiger partial charge is 0.294 e. The number of allylic oxidation sites excluding steroid dienone is 1. The quantitative estimate of drug-likeness (QED) is 0.529. The van der Waals surface area contributed by atoms with E-state index in [4.69, 9.17) is 0 Å². The van der Waals surface area contributed by atoms with Crippen molar-refractivity contribution in [1.29, 1.82) is 0 Å². The SMILES string of the molecule is CN1C(=O)C(I)C2NCCC/C=C\N21. The smallest absolute Gasteiger partial charge is 0.257 e. The number of hydrazine groups is 1. The van der Waals surface area contributed by atoms with E-state index in [0.29, 0.717) is 0 Å². The molecule has 1 N–H and O–H groups in total. The van der Waals surface area contributed by atoms with Crippen molar-refractivity contribution in [2.75, 3.05) is 13.6 Å². The van der Waals surface area contributed by atoms with Crippen LogP contribution in [-0.4, -0.2) is 39.6 Å². The summed E-state index contributed by atoms with van der Waals surface area (Å²) in [6.45, 7) is 0.978. The molecule has 2 atom stereocenters. The van der Waals surface area contributed by atoms with Crippen molar-refractivity contribution in [2.45, 2.75) is 22.9 Å². The highest BCUT2D eigenvalue weighted by molar-refractivity contribution is 14.1. The number of halogens is 1. The molecule has 2 unspecified atom stereocenters. The Kier molecular flexibility index (Phi) is 2.96. The molecule has 0 aliphatic carbocycles. The van der Waals surface area contributed by atoms with E-state index in [2.05, 4.69) is 34.0 Å². The first kappa shape index (κ1) is 10.2. The monoisotopic (exact) mass is 307 g/mol. The summed E-state index contributed by atoms with van der Waals surface area (Å²) in [6.07, 6.45) is 6.48. The van der Waals surface area contributed by atoms with Gasteiger partial charge in [-0.15, -0.1) is 0 Å². The Morgan fingerprint density at radius 1 is 1.64 bits per heavy atom. The Hall–Kier alpha value is -0.300. The number of nitrogens with zero attached hydrogens (tertiary/aromatic N) is 2. The van der Waals surface area contributed by atoms with Crippen LogP contribution in [0.1, 0.15) is 12.8 Å². The van der Waals surface area contributed by atoms with Crippen LogP contribution in [-0.2, 0) is 4.79 Å². The summed E-state index contributed by atoms with van der Waals surface area (Å²) in [4.78, 5) is 11.7. The van der Waals surface area contributed by atoms with E-state index in [1.54, 1.807) is 5.01 Å². The summed E-state index contributed by atoms with van der Waals surface area (Å²) in [5, 5.41) is 7.07. The van der Waals surface area contributed by atoms with Crippen LogP contribution in [0.3, 0.4) is 0 Å². The average Bonchev–Trinajstić information content (AvgIpc) is 2.31.